The molecule has 1 aromatic heterocycles. The van der Waals surface area contributed by atoms with E-state index in [1.807, 2.05) is 18.3 Å². The Balaban J connectivity index is 1.92. The van der Waals surface area contributed by atoms with Crippen molar-refractivity contribution < 1.29 is 8.42 Å². The summed E-state index contributed by atoms with van der Waals surface area (Å²) in [5.74, 6) is 1.44. The van der Waals surface area contributed by atoms with Crippen molar-refractivity contribution in [1.82, 2.24) is 4.98 Å². The van der Waals surface area contributed by atoms with Gasteiger partial charge in [0.1, 0.15) is 0 Å². The van der Waals surface area contributed by atoms with Gasteiger partial charge in [0.15, 0.2) is 9.84 Å². The molecule has 2 aromatic rings. The summed E-state index contributed by atoms with van der Waals surface area (Å²) in [6, 6.07) is 11.7. The minimum absolute atomic E-state index is 0.230. The van der Waals surface area contributed by atoms with E-state index in [0.29, 0.717) is 10.8 Å². The summed E-state index contributed by atoms with van der Waals surface area (Å²) in [7, 11) is -3.16. The van der Waals surface area contributed by atoms with Crippen molar-refractivity contribution in [3.05, 3.63) is 59.4 Å². The van der Waals surface area contributed by atoms with Crippen LogP contribution in [0.15, 0.2) is 47.5 Å². The van der Waals surface area contributed by atoms with E-state index in [4.69, 9.17) is 4.98 Å². The molecule has 3 nitrogen and oxygen atoms in total. The van der Waals surface area contributed by atoms with E-state index in [1.165, 1.54) is 37.5 Å². The minimum Gasteiger partial charge on any atom is -0.260 e. The van der Waals surface area contributed by atoms with Gasteiger partial charge in [-0.3, -0.25) is 4.98 Å². The molecule has 140 valence electrons. The molecule has 1 aliphatic rings. The van der Waals surface area contributed by atoms with Gasteiger partial charge >= 0.3 is 0 Å². The summed E-state index contributed by atoms with van der Waals surface area (Å²) in [6.45, 7) is 4.35. The Bertz CT molecular complexity index is 817. The average Bonchev–Trinajstić information content (AvgIpc) is 3.12. The SMILES string of the molecule is CC(C)c1ccc(C(CC2CCCC2)c2ccc(S(C)(=O)=O)cc2)nc1. The fourth-order valence-electron chi connectivity index (χ4n) is 3.92. The molecule has 0 N–H and O–H groups in total. The number of hydrogen-bond acceptors (Lipinski definition) is 3. The van der Waals surface area contributed by atoms with Crippen LogP contribution in [0.3, 0.4) is 0 Å². The molecule has 0 bridgehead atoms. The monoisotopic (exact) mass is 371 g/mol. The molecular formula is C22H29NO2S. The molecule has 1 heterocycles. The molecule has 1 fully saturated rings. The molecule has 26 heavy (non-hydrogen) atoms. The van der Waals surface area contributed by atoms with Gasteiger partial charge in [-0.1, -0.05) is 57.7 Å². The smallest absolute Gasteiger partial charge is 0.175 e. The van der Waals surface area contributed by atoms with E-state index in [9.17, 15) is 8.42 Å². The van der Waals surface area contributed by atoms with Gasteiger partial charge in [-0.2, -0.15) is 0 Å². The van der Waals surface area contributed by atoms with Crippen LogP contribution in [0.1, 0.15) is 74.6 Å². The molecule has 1 unspecified atom stereocenters. The number of hydrogen-bond donors (Lipinski definition) is 0. The van der Waals surface area contributed by atoms with Gasteiger partial charge in [0, 0.05) is 24.1 Å². The number of pyridine rings is 1. The van der Waals surface area contributed by atoms with E-state index < -0.39 is 9.84 Å². The third-order valence-corrected chi connectivity index (χ3v) is 6.72. The van der Waals surface area contributed by atoms with Crippen LogP contribution in [0.25, 0.3) is 0 Å². The lowest BCUT2D eigenvalue weighted by molar-refractivity contribution is 0.468. The lowest BCUT2D eigenvalue weighted by atomic mass is 9.85. The van der Waals surface area contributed by atoms with Crippen molar-refractivity contribution in [2.45, 2.75) is 62.7 Å². The van der Waals surface area contributed by atoms with Gasteiger partial charge in [0.05, 0.1) is 4.90 Å². The molecule has 0 amide bonds. The first kappa shape index (κ1) is 19.1. The average molecular weight is 372 g/mol. The third-order valence-electron chi connectivity index (χ3n) is 5.59. The Kier molecular flexibility index (Phi) is 5.81. The van der Waals surface area contributed by atoms with Gasteiger partial charge in [-0.05, 0) is 47.6 Å². The maximum Gasteiger partial charge on any atom is 0.175 e. The van der Waals surface area contributed by atoms with E-state index in [-0.39, 0.29) is 5.92 Å². The maximum atomic E-state index is 11.8. The molecule has 1 atom stereocenters. The summed E-state index contributed by atoms with van der Waals surface area (Å²) in [4.78, 5) is 5.15. The summed E-state index contributed by atoms with van der Waals surface area (Å²) >= 11 is 0. The third kappa shape index (κ3) is 4.53. The first-order valence-corrected chi connectivity index (χ1v) is 11.5. The van der Waals surface area contributed by atoms with Crippen molar-refractivity contribution >= 4 is 9.84 Å². The fraction of sp³-hybridized carbons (Fsp3) is 0.500. The van der Waals surface area contributed by atoms with E-state index in [1.54, 1.807) is 12.1 Å². The summed E-state index contributed by atoms with van der Waals surface area (Å²) in [6.07, 6.45) is 9.57. The lowest BCUT2D eigenvalue weighted by Crippen LogP contribution is -2.09. The summed E-state index contributed by atoms with van der Waals surface area (Å²) in [5, 5.41) is 0. The number of aromatic nitrogens is 1. The zero-order valence-corrected chi connectivity index (χ0v) is 16.8. The first-order valence-electron chi connectivity index (χ1n) is 9.60. The molecule has 0 saturated heterocycles. The number of rotatable bonds is 6. The second-order valence-corrected chi connectivity index (χ2v) is 9.97. The molecule has 3 rings (SSSR count). The van der Waals surface area contributed by atoms with Crippen LogP contribution >= 0.6 is 0 Å². The highest BCUT2D eigenvalue weighted by atomic mass is 32.2. The predicted molar refractivity (Wildman–Crippen MR) is 106 cm³/mol. The van der Waals surface area contributed by atoms with Gasteiger partial charge < -0.3 is 0 Å². The van der Waals surface area contributed by atoms with E-state index in [2.05, 4.69) is 26.0 Å². The molecule has 0 spiro atoms. The second kappa shape index (κ2) is 7.91. The Morgan fingerprint density at radius 3 is 2.12 bits per heavy atom. The summed E-state index contributed by atoms with van der Waals surface area (Å²) < 4.78 is 23.5. The van der Waals surface area contributed by atoms with Crippen molar-refractivity contribution in [2.24, 2.45) is 5.92 Å². The zero-order chi connectivity index (χ0) is 18.7. The Morgan fingerprint density at radius 1 is 1.00 bits per heavy atom. The highest BCUT2D eigenvalue weighted by Gasteiger charge is 2.24. The Labute approximate surface area is 157 Å². The van der Waals surface area contributed by atoms with Gasteiger partial charge in [0.2, 0.25) is 0 Å². The summed E-state index contributed by atoms with van der Waals surface area (Å²) in [5.41, 5.74) is 3.50. The van der Waals surface area contributed by atoms with Crippen molar-refractivity contribution in [2.75, 3.05) is 6.26 Å². The normalized spacial score (nSPS) is 16.9. The molecular weight excluding hydrogens is 342 g/mol. The van der Waals surface area contributed by atoms with Crippen molar-refractivity contribution in [1.29, 1.82) is 0 Å². The van der Waals surface area contributed by atoms with Crippen LogP contribution in [0.2, 0.25) is 0 Å². The second-order valence-electron chi connectivity index (χ2n) is 7.95. The fourth-order valence-corrected chi connectivity index (χ4v) is 4.55. The topological polar surface area (TPSA) is 47.0 Å². The van der Waals surface area contributed by atoms with Crippen LogP contribution in [0.5, 0.6) is 0 Å². The predicted octanol–water partition coefficient (Wildman–Crippen LogP) is 5.32. The largest absolute Gasteiger partial charge is 0.260 e. The Hall–Kier alpha value is -1.68. The number of nitrogens with zero attached hydrogens (tertiary/aromatic N) is 1. The van der Waals surface area contributed by atoms with Crippen LogP contribution in [0, 0.1) is 5.92 Å². The Morgan fingerprint density at radius 2 is 1.62 bits per heavy atom. The van der Waals surface area contributed by atoms with Gasteiger partial charge in [0.25, 0.3) is 0 Å². The lowest BCUT2D eigenvalue weighted by Gasteiger charge is -2.21. The van der Waals surface area contributed by atoms with Crippen LogP contribution in [-0.2, 0) is 9.84 Å². The molecule has 1 saturated carbocycles. The van der Waals surface area contributed by atoms with Crippen LogP contribution < -0.4 is 0 Å². The van der Waals surface area contributed by atoms with Gasteiger partial charge in [-0.15, -0.1) is 0 Å². The molecule has 1 aromatic carbocycles. The number of sulfone groups is 1. The van der Waals surface area contributed by atoms with Crippen molar-refractivity contribution in [3.63, 3.8) is 0 Å². The first-order chi connectivity index (χ1) is 12.3. The van der Waals surface area contributed by atoms with E-state index in [0.717, 1.165) is 23.6 Å². The standard InChI is InChI=1S/C22H29NO2S/c1-16(2)19-10-13-22(23-15-19)21(14-17-6-4-5-7-17)18-8-11-20(12-9-18)26(3,24)25/h8-13,15-17,21H,4-7,14H2,1-3H3. The quantitative estimate of drug-likeness (QED) is 0.690. The van der Waals surface area contributed by atoms with Crippen LogP contribution in [0.4, 0.5) is 0 Å². The highest BCUT2D eigenvalue weighted by Crippen LogP contribution is 2.37. The number of benzene rings is 1. The van der Waals surface area contributed by atoms with Gasteiger partial charge in [-0.25, -0.2) is 8.42 Å². The molecule has 0 aliphatic heterocycles. The van der Waals surface area contributed by atoms with Crippen LogP contribution in [-0.4, -0.2) is 19.7 Å². The molecule has 0 radical (unpaired) electrons. The van der Waals surface area contributed by atoms with Crippen molar-refractivity contribution in [3.8, 4) is 0 Å². The minimum atomic E-state index is -3.16. The highest BCUT2D eigenvalue weighted by molar-refractivity contribution is 7.90. The van der Waals surface area contributed by atoms with E-state index >= 15 is 0 Å². The molecule has 1 aliphatic carbocycles. The zero-order valence-electron chi connectivity index (χ0n) is 16.0. The maximum absolute atomic E-state index is 11.8. The molecule has 4 heteroatoms.